The van der Waals surface area contributed by atoms with E-state index in [1.807, 2.05) is 53.4 Å². The molecule has 0 N–H and O–H groups in total. The summed E-state index contributed by atoms with van der Waals surface area (Å²) in [5.74, 6) is 2.87. The highest BCUT2D eigenvalue weighted by atomic mass is 32.2. The fourth-order valence-electron chi connectivity index (χ4n) is 2.83. The van der Waals surface area contributed by atoms with Crippen molar-refractivity contribution < 1.29 is 19.0 Å². The number of thioether (sulfide) groups is 1. The predicted molar refractivity (Wildman–Crippen MR) is 98.4 cm³/mol. The van der Waals surface area contributed by atoms with E-state index >= 15 is 0 Å². The first-order valence-corrected chi connectivity index (χ1v) is 9.09. The number of hydrogen-bond acceptors (Lipinski definition) is 5. The van der Waals surface area contributed by atoms with Crippen LogP contribution in [-0.4, -0.2) is 43.9 Å². The fraction of sp³-hybridized carbons (Fsp3) is 0.316. The molecule has 1 unspecified atom stereocenters. The van der Waals surface area contributed by atoms with Crippen LogP contribution in [-0.2, 0) is 4.79 Å². The lowest BCUT2D eigenvalue weighted by Gasteiger charge is -2.26. The van der Waals surface area contributed by atoms with Crippen LogP contribution in [0, 0.1) is 0 Å². The summed E-state index contributed by atoms with van der Waals surface area (Å²) in [6.07, 6.45) is 0. The second kappa shape index (κ2) is 8.16. The number of nitrogens with zero attached hydrogens (tertiary/aromatic N) is 1. The summed E-state index contributed by atoms with van der Waals surface area (Å²) in [5.41, 5.74) is 0.942. The lowest BCUT2D eigenvalue weighted by Crippen LogP contribution is -2.34. The maximum absolute atomic E-state index is 12.7. The summed E-state index contributed by atoms with van der Waals surface area (Å²) in [6.45, 7) is 0.708. The Hall–Kier alpha value is -2.34. The van der Waals surface area contributed by atoms with E-state index in [1.54, 1.807) is 26.0 Å². The number of amides is 1. The second-order valence-electron chi connectivity index (χ2n) is 5.49. The van der Waals surface area contributed by atoms with Crippen LogP contribution in [0.25, 0.3) is 0 Å². The monoisotopic (exact) mass is 359 g/mol. The van der Waals surface area contributed by atoms with Crippen molar-refractivity contribution in [2.24, 2.45) is 0 Å². The van der Waals surface area contributed by atoms with Gasteiger partial charge >= 0.3 is 0 Å². The minimum absolute atomic E-state index is 0.0212. The largest absolute Gasteiger partial charge is 0.493 e. The zero-order chi connectivity index (χ0) is 17.6. The molecule has 1 saturated heterocycles. The molecule has 1 aliphatic rings. The van der Waals surface area contributed by atoms with Crippen LogP contribution in [0.5, 0.6) is 17.2 Å². The first-order chi connectivity index (χ1) is 12.2. The zero-order valence-corrected chi connectivity index (χ0v) is 15.1. The quantitative estimate of drug-likeness (QED) is 0.792. The van der Waals surface area contributed by atoms with Crippen molar-refractivity contribution in [3.63, 3.8) is 0 Å². The third kappa shape index (κ3) is 3.85. The molecular formula is C19H21NO4S. The Bertz CT molecular complexity index is 723. The van der Waals surface area contributed by atoms with Crippen LogP contribution in [0.2, 0.25) is 0 Å². The van der Waals surface area contributed by atoms with Crippen molar-refractivity contribution in [2.75, 3.05) is 33.1 Å². The molecule has 132 valence electrons. The molecule has 6 heteroatoms. The Morgan fingerprint density at radius 2 is 1.92 bits per heavy atom. The average Bonchev–Trinajstić information content (AvgIpc) is 3.15. The lowest BCUT2D eigenvalue weighted by molar-refractivity contribution is -0.133. The van der Waals surface area contributed by atoms with E-state index in [0.29, 0.717) is 23.8 Å². The van der Waals surface area contributed by atoms with Gasteiger partial charge in [0, 0.05) is 17.9 Å². The number of carbonyl (C=O) groups is 1. The number of ether oxygens (including phenoxy) is 3. The van der Waals surface area contributed by atoms with Crippen LogP contribution < -0.4 is 14.2 Å². The third-order valence-corrected chi connectivity index (χ3v) is 5.26. The van der Waals surface area contributed by atoms with Gasteiger partial charge < -0.3 is 19.1 Å². The van der Waals surface area contributed by atoms with Gasteiger partial charge in [-0.1, -0.05) is 30.3 Å². The van der Waals surface area contributed by atoms with E-state index in [2.05, 4.69) is 0 Å². The van der Waals surface area contributed by atoms with Gasteiger partial charge in [0.2, 0.25) is 0 Å². The molecule has 1 fully saturated rings. The van der Waals surface area contributed by atoms with Gasteiger partial charge in [-0.25, -0.2) is 0 Å². The number of benzene rings is 2. The van der Waals surface area contributed by atoms with Crippen molar-refractivity contribution in [1.29, 1.82) is 0 Å². The lowest BCUT2D eigenvalue weighted by atomic mass is 10.1. The molecule has 1 atom stereocenters. The summed E-state index contributed by atoms with van der Waals surface area (Å²) < 4.78 is 16.5. The first-order valence-electron chi connectivity index (χ1n) is 8.04. The van der Waals surface area contributed by atoms with Gasteiger partial charge in [0.25, 0.3) is 5.91 Å². The van der Waals surface area contributed by atoms with Crippen LogP contribution in [0.4, 0.5) is 0 Å². The van der Waals surface area contributed by atoms with Crippen molar-refractivity contribution in [2.45, 2.75) is 5.37 Å². The van der Waals surface area contributed by atoms with Gasteiger partial charge in [-0.15, -0.1) is 11.8 Å². The Kier molecular flexibility index (Phi) is 5.71. The molecule has 5 nitrogen and oxygen atoms in total. The normalized spacial score (nSPS) is 16.6. The average molecular weight is 359 g/mol. The number of carbonyl (C=O) groups excluding carboxylic acids is 1. The predicted octanol–water partition coefficient (Wildman–Crippen LogP) is 3.36. The molecule has 0 spiro atoms. The van der Waals surface area contributed by atoms with E-state index in [0.717, 1.165) is 11.3 Å². The van der Waals surface area contributed by atoms with E-state index in [1.165, 1.54) is 0 Å². The SMILES string of the molecule is COc1cccc(C2SCCN2C(=O)COc2ccccc2)c1OC. The Morgan fingerprint density at radius 3 is 2.64 bits per heavy atom. The van der Waals surface area contributed by atoms with E-state index < -0.39 is 0 Å². The maximum Gasteiger partial charge on any atom is 0.261 e. The van der Waals surface area contributed by atoms with Gasteiger partial charge in [0.1, 0.15) is 11.1 Å². The number of methoxy groups -OCH3 is 2. The Balaban J connectivity index is 1.75. The van der Waals surface area contributed by atoms with Gasteiger partial charge in [-0.2, -0.15) is 0 Å². The molecule has 0 aliphatic carbocycles. The molecule has 3 rings (SSSR count). The molecule has 1 aliphatic heterocycles. The summed E-state index contributed by atoms with van der Waals surface area (Å²) >= 11 is 1.72. The van der Waals surface area contributed by atoms with Gasteiger partial charge in [0.05, 0.1) is 14.2 Å². The highest BCUT2D eigenvalue weighted by Crippen LogP contribution is 2.45. The van der Waals surface area contributed by atoms with Gasteiger partial charge in [0.15, 0.2) is 18.1 Å². The number of para-hydroxylation sites is 2. The number of hydrogen-bond donors (Lipinski definition) is 0. The molecule has 2 aromatic carbocycles. The minimum atomic E-state index is -0.100. The Labute approximate surface area is 151 Å². The van der Waals surface area contributed by atoms with Crippen LogP contribution in [0.1, 0.15) is 10.9 Å². The van der Waals surface area contributed by atoms with Crippen LogP contribution in [0.3, 0.4) is 0 Å². The molecule has 0 radical (unpaired) electrons. The Morgan fingerprint density at radius 1 is 1.12 bits per heavy atom. The molecule has 1 heterocycles. The summed E-state index contributed by atoms with van der Waals surface area (Å²) in [7, 11) is 3.23. The topological polar surface area (TPSA) is 48.0 Å². The standard InChI is InChI=1S/C19H21NO4S/c1-22-16-10-6-9-15(18(16)23-2)19-20(11-12-25-19)17(21)13-24-14-7-4-3-5-8-14/h3-10,19H,11-13H2,1-2H3. The van der Waals surface area contributed by atoms with E-state index in [-0.39, 0.29) is 17.9 Å². The highest BCUT2D eigenvalue weighted by molar-refractivity contribution is 7.99. The molecule has 0 bridgehead atoms. The molecular weight excluding hydrogens is 338 g/mol. The third-order valence-electron chi connectivity index (χ3n) is 4.02. The second-order valence-corrected chi connectivity index (χ2v) is 6.68. The van der Waals surface area contributed by atoms with E-state index in [4.69, 9.17) is 14.2 Å². The highest BCUT2D eigenvalue weighted by Gasteiger charge is 2.33. The van der Waals surface area contributed by atoms with Crippen molar-refractivity contribution in [1.82, 2.24) is 4.90 Å². The molecule has 1 amide bonds. The van der Waals surface area contributed by atoms with Crippen molar-refractivity contribution >= 4 is 17.7 Å². The fourth-order valence-corrected chi connectivity index (χ4v) is 4.13. The van der Waals surface area contributed by atoms with Gasteiger partial charge in [-0.3, -0.25) is 4.79 Å². The number of rotatable bonds is 6. The maximum atomic E-state index is 12.7. The zero-order valence-electron chi connectivity index (χ0n) is 14.3. The summed E-state index contributed by atoms with van der Waals surface area (Å²) in [6, 6.07) is 15.1. The molecule has 25 heavy (non-hydrogen) atoms. The molecule has 2 aromatic rings. The van der Waals surface area contributed by atoms with Gasteiger partial charge in [-0.05, 0) is 18.2 Å². The first kappa shape index (κ1) is 17.5. The van der Waals surface area contributed by atoms with Crippen LogP contribution >= 0.6 is 11.8 Å². The molecule has 0 saturated carbocycles. The summed E-state index contributed by atoms with van der Waals surface area (Å²) in [5, 5.41) is -0.100. The van der Waals surface area contributed by atoms with Crippen molar-refractivity contribution in [3.05, 3.63) is 54.1 Å². The smallest absolute Gasteiger partial charge is 0.261 e. The van der Waals surface area contributed by atoms with E-state index in [9.17, 15) is 4.79 Å². The van der Waals surface area contributed by atoms with Crippen LogP contribution in [0.15, 0.2) is 48.5 Å². The van der Waals surface area contributed by atoms with Crippen molar-refractivity contribution in [3.8, 4) is 17.2 Å². The summed E-state index contributed by atoms with van der Waals surface area (Å²) in [4.78, 5) is 14.5. The molecule has 0 aromatic heterocycles. The minimum Gasteiger partial charge on any atom is -0.493 e.